The van der Waals surface area contributed by atoms with Crippen LogP contribution in [0, 0.1) is 0 Å². The average Bonchev–Trinajstić information content (AvgIpc) is 3.56. The maximum absolute atomic E-state index is 12.9. The van der Waals surface area contributed by atoms with E-state index >= 15 is 0 Å². The Balaban J connectivity index is 1.16. The van der Waals surface area contributed by atoms with Crippen LogP contribution in [0.1, 0.15) is 28.2 Å². The summed E-state index contributed by atoms with van der Waals surface area (Å²) in [6, 6.07) is 10.5. The zero-order valence-electron chi connectivity index (χ0n) is 17.4. The van der Waals surface area contributed by atoms with E-state index in [4.69, 9.17) is 4.42 Å². The predicted octanol–water partition coefficient (Wildman–Crippen LogP) is 3.01. The van der Waals surface area contributed by atoms with Crippen LogP contribution in [0.5, 0.6) is 0 Å². The minimum atomic E-state index is -0.193. The molecule has 0 saturated carbocycles. The molecule has 2 aromatic heterocycles. The van der Waals surface area contributed by atoms with Gasteiger partial charge in [0.15, 0.2) is 5.76 Å². The largest absolute Gasteiger partial charge is 0.463 e. The van der Waals surface area contributed by atoms with Crippen molar-refractivity contribution in [2.75, 3.05) is 31.1 Å². The standard InChI is InChI=1S/C23H22N4O4S/c28-21-7-8-22(29)27(21)17-5-3-16(4-6-17)23(30)26-11-9-25(10-12-26)14-20-24-18(15-32-20)19-2-1-13-31-19/h1-6,13,15H,7-12,14H2. The molecule has 2 aliphatic rings. The molecular formula is C23H22N4O4S. The number of aromatic nitrogens is 1. The Kier molecular flexibility index (Phi) is 5.59. The molecule has 2 saturated heterocycles. The van der Waals surface area contributed by atoms with Crippen LogP contribution >= 0.6 is 11.3 Å². The van der Waals surface area contributed by atoms with Crippen LogP contribution in [0.3, 0.4) is 0 Å². The van der Waals surface area contributed by atoms with Gasteiger partial charge in [0.1, 0.15) is 10.7 Å². The van der Waals surface area contributed by atoms with Crippen LogP contribution in [0.15, 0.2) is 52.5 Å². The zero-order valence-corrected chi connectivity index (χ0v) is 18.2. The van der Waals surface area contributed by atoms with E-state index in [1.165, 1.54) is 4.90 Å². The fourth-order valence-electron chi connectivity index (χ4n) is 4.02. The number of anilines is 1. The molecule has 164 valence electrons. The number of hydrogen-bond donors (Lipinski definition) is 0. The second-order valence-corrected chi connectivity index (χ2v) is 8.78. The lowest BCUT2D eigenvalue weighted by atomic mass is 10.1. The number of rotatable bonds is 5. The number of thiazole rings is 1. The van der Waals surface area contributed by atoms with Gasteiger partial charge in [-0.15, -0.1) is 11.3 Å². The molecule has 3 aromatic rings. The van der Waals surface area contributed by atoms with Crippen molar-refractivity contribution in [3.05, 3.63) is 58.6 Å². The van der Waals surface area contributed by atoms with Crippen molar-refractivity contribution < 1.29 is 18.8 Å². The third kappa shape index (κ3) is 4.09. The Morgan fingerprint density at radius 3 is 2.38 bits per heavy atom. The number of hydrogen-bond acceptors (Lipinski definition) is 7. The molecule has 1 aromatic carbocycles. The highest BCUT2D eigenvalue weighted by atomic mass is 32.1. The normalized spacial score (nSPS) is 17.4. The van der Waals surface area contributed by atoms with Crippen LogP contribution in [-0.2, 0) is 16.1 Å². The summed E-state index contributed by atoms with van der Waals surface area (Å²) in [6.45, 7) is 3.58. The van der Waals surface area contributed by atoms with E-state index in [0.29, 0.717) is 24.3 Å². The lowest BCUT2D eigenvalue weighted by Gasteiger charge is -2.34. The molecule has 0 N–H and O–H groups in total. The third-order valence-electron chi connectivity index (χ3n) is 5.77. The molecule has 3 amide bonds. The first-order valence-corrected chi connectivity index (χ1v) is 11.4. The Bertz CT molecular complexity index is 1120. The summed E-state index contributed by atoms with van der Waals surface area (Å²) in [6.07, 6.45) is 2.13. The summed E-state index contributed by atoms with van der Waals surface area (Å²) in [4.78, 5) is 46.7. The number of amides is 3. The molecular weight excluding hydrogens is 428 g/mol. The van der Waals surface area contributed by atoms with Crippen molar-refractivity contribution in [3.8, 4) is 11.5 Å². The van der Waals surface area contributed by atoms with Crippen molar-refractivity contribution in [2.24, 2.45) is 0 Å². The Morgan fingerprint density at radius 1 is 1.00 bits per heavy atom. The molecule has 0 atom stereocenters. The Hall–Kier alpha value is -3.30. The molecule has 0 bridgehead atoms. The Labute approximate surface area is 189 Å². The topological polar surface area (TPSA) is 87.0 Å². The number of imide groups is 1. The molecule has 0 aliphatic carbocycles. The number of nitrogens with zero attached hydrogens (tertiary/aromatic N) is 4. The summed E-state index contributed by atoms with van der Waals surface area (Å²) in [5.74, 6) is 0.348. The number of piperazine rings is 1. The van der Waals surface area contributed by atoms with Gasteiger partial charge in [0.2, 0.25) is 11.8 Å². The van der Waals surface area contributed by atoms with Gasteiger partial charge in [0.05, 0.1) is 18.5 Å². The van der Waals surface area contributed by atoms with Crippen LogP contribution < -0.4 is 4.90 Å². The van der Waals surface area contributed by atoms with Gasteiger partial charge in [-0.3, -0.25) is 24.2 Å². The van der Waals surface area contributed by atoms with E-state index < -0.39 is 0 Å². The van der Waals surface area contributed by atoms with Gasteiger partial charge in [0, 0.05) is 50.0 Å². The monoisotopic (exact) mass is 450 g/mol. The predicted molar refractivity (Wildman–Crippen MR) is 119 cm³/mol. The van der Waals surface area contributed by atoms with E-state index in [1.54, 1.807) is 41.9 Å². The zero-order chi connectivity index (χ0) is 22.1. The van der Waals surface area contributed by atoms with Crippen molar-refractivity contribution in [1.29, 1.82) is 0 Å². The molecule has 4 heterocycles. The van der Waals surface area contributed by atoms with Gasteiger partial charge in [-0.2, -0.15) is 0 Å². The molecule has 2 aliphatic heterocycles. The summed E-state index contributed by atoms with van der Waals surface area (Å²) in [5, 5.41) is 3.03. The highest BCUT2D eigenvalue weighted by molar-refractivity contribution is 7.09. The van der Waals surface area contributed by atoms with Crippen molar-refractivity contribution in [1.82, 2.24) is 14.8 Å². The third-order valence-corrected chi connectivity index (χ3v) is 6.60. The van der Waals surface area contributed by atoms with Gasteiger partial charge in [-0.25, -0.2) is 4.98 Å². The maximum Gasteiger partial charge on any atom is 0.253 e. The van der Waals surface area contributed by atoms with Gasteiger partial charge < -0.3 is 9.32 Å². The number of carbonyl (C=O) groups is 3. The minimum Gasteiger partial charge on any atom is -0.463 e. The number of furan rings is 1. The summed E-state index contributed by atoms with van der Waals surface area (Å²) >= 11 is 1.61. The number of benzene rings is 1. The smallest absolute Gasteiger partial charge is 0.253 e. The van der Waals surface area contributed by atoms with Gasteiger partial charge >= 0.3 is 0 Å². The molecule has 5 rings (SSSR count). The Morgan fingerprint density at radius 2 is 1.72 bits per heavy atom. The fraction of sp³-hybridized carbons (Fsp3) is 0.304. The fourth-order valence-corrected chi connectivity index (χ4v) is 4.85. The highest BCUT2D eigenvalue weighted by Crippen LogP contribution is 2.25. The van der Waals surface area contributed by atoms with E-state index in [9.17, 15) is 14.4 Å². The van der Waals surface area contributed by atoms with Crippen LogP contribution in [-0.4, -0.2) is 58.7 Å². The number of carbonyl (C=O) groups excluding carboxylic acids is 3. The van der Waals surface area contributed by atoms with Crippen molar-refractivity contribution in [3.63, 3.8) is 0 Å². The molecule has 0 unspecified atom stereocenters. The minimum absolute atomic E-state index is 0.0374. The average molecular weight is 451 g/mol. The van der Waals surface area contributed by atoms with E-state index in [2.05, 4.69) is 9.88 Å². The summed E-state index contributed by atoms with van der Waals surface area (Å²) < 4.78 is 5.40. The maximum atomic E-state index is 12.9. The van der Waals surface area contributed by atoms with E-state index in [0.717, 1.165) is 36.1 Å². The van der Waals surface area contributed by atoms with Crippen molar-refractivity contribution in [2.45, 2.75) is 19.4 Å². The highest BCUT2D eigenvalue weighted by Gasteiger charge is 2.30. The quantitative estimate of drug-likeness (QED) is 0.556. The molecule has 8 nitrogen and oxygen atoms in total. The van der Waals surface area contributed by atoms with Crippen molar-refractivity contribution >= 4 is 34.7 Å². The second-order valence-electron chi connectivity index (χ2n) is 7.84. The molecule has 2 fully saturated rings. The molecule has 32 heavy (non-hydrogen) atoms. The lowest BCUT2D eigenvalue weighted by Crippen LogP contribution is -2.48. The van der Waals surface area contributed by atoms with E-state index in [1.807, 2.05) is 22.4 Å². The first-order valence-electron chi connectivity index (χ1n) is 10.5. The van der Waals surface area contributed by atoms with Gasteiger partial charge in [0.25, 0.3) is 5.91 Å². The first-order chi connectivity index (χ1) is 15.6. The molecule has 0 spiro atoms. The summed E-state index contributed by atoms with van der Waals surface area (Å²) in [5.41, 5.74) is 1.94. The van der Waals surface area contributed by atoms with Gasteiger partial charge in [-0.1, -0.05) is 0 Å². The lowest BCUT2D eigenvalue weighted by molar-refractivity contribution is -0.121. The SMILES string of the molecule is O=C(c1ccc(N2C(=O)CCC2=O)cc1)N1CCN(Cc2nc(-c3ccco3)cs2)CC1. The first kappa shape index (κ1) is 20.6. The second kappa shape index (κ2) is 8.68. The summed E-state index contributed by atoms with van der Waals surface area (Å²) in [7, 11) is 0. The molecule has 9 heteroatoms. The molecule has 0 radical (unpaired) electrons. The van der Waals surface area contributed by atoms with Crippen LogP contribution in [0.25, 0.3) is 11.5 Å². The van der Waals surface area contributed by atoms with Crippen LogP contribution in [0.4, 0.5) is 5.69 Å². The van der Waals surface area contributed by atoms with Gasteiger partial charge in [-0.05, 0) is 36.4 Å². The van der Waals surface area contributed by atoms with Crippen LogP contribution in [0.2, 0.25) is 0 Å². The van der Waals surface area contributed by atoms with E-state index in [-0.39, 0.29) is 30.6 Å².